The molecule has 0 unspecified atom stereocenters. The first-order chi connectivity index (χ1) is 7.34. The molecule has 4 heteroatoms. The van der Waals surface area contributed by atoms with Gasteiger partial charge in [-0.25, -0.2) is 4.98 Å². The van der Waals surface area contributed by atoms with E-state index >= 15 is 0 Å². The van der Waals surface area contributed by atoms with Crippen molar-refractivity contribution in [3.05, 3.63) is 54.1 Å². The quantitative estimate of drug-likeness (QED) is 0.699. The summed E-state index contributed by atoms with van der Waals surface area (Å²) in [5.74, 6) is -0.480. The largest absolute Gasteiger partial charge is 0.261 e. The first-order valence-corrected chi connectivity index (χ1v) is 4.40. The minimum Gasteiger partial charge on any atom is -0.261 e. The first-order valence-electron chi connectivity index (χ1n) is 4.40. The highest BCUT2D eigenvalue weighted by Crippen LogP contribution is 2.04. The molecule has 0 spiro atoms. The van der Waals surface area contributed by atoms with Crippen molar-refractivity contribution in [1.29, 1.82) is 0 Å². The van der Waals surface area contributed by atoms with E-state index in [9.17, 15) is 4.39 Å². The van der Waals surface area contributed by atoms with Crippen LogP contribution in [0.25, 0.3) is 12.2 Å². The zero-order chi connectivity index (χ0) is 10.5. The van der Waals surface area contributed by atoms with Crippen LogP contribution in [0.2, 0.25) is 0 Å². The third-order valence-electron chi connectivity index (χ3n) is 1.78. The van der Waals surface area contributed by atoms with Crippen molar-refractivity contribution in [2.45, 2.75) is 0 Å². The fourth-order valence-electron chi connectivity index (χ4n) is 1.06. The zero-order valence-electron chi connectivity index (χ0n) is 7.84. The van der Waals surface area contributed by atoms with Gasteiger partial charge in [0.1, 0.15) is 0 Å². The van der Waals surface area contributed by atoms with Crippen LogP contribution >= 0.6 is 0 Å². The molecule has 2 aromatic heterocycles. The minimum absolute atomic E-state index is 0.480. The van der Waals surface area contributed by atoms with Crippen molar-refractivity contribution in [2.75, 3.05) is 0 Å². The van der Waals surface area contributed by atoms with Gasteiger partial charge in [-0.05, 0) is 23.8 Å². The Labute approximate surface area is 86.4 Å². The Balaban J connectivity index is 2.15. The van der Waals surface area contributed by atoms with E-state index in [1.807, 2.05) is 0 Å². The van der Waals surface area contributed by atoms with Gasteiger partial charge >= 0.3 is 0 Å². The third kappa shape index (κ3) is 2.67. The van der Waals surface area contributed by atoms with Gasteiger partial charge in [0.2, 0.25) is 5.95 Å². The molecular weight excluding hydrogens is 193 g/mol. The Morgan fingerprint density at radius 1 is 1.00 bits per heavy atom. The van der Waals surface area contributed by atoms with Crippen LogP contribution in [0.1, 0.15) is 11.3 Å². The molecule has 0 fully saturated rings. The summed E-state index contributed by atoms with van der Waals surface area (Å²) in [7, 11) is 0. The molecule has 2 aromatic rings. The molecule has 0 atom stereocenters. The molecule has 0 saturated carbocycles. The summed E-state index contributed by atoms with van der Waals surface area (Å²) in [6.45, 7) is 0. The van der Waals surface area contributed by atoms with Crippen LogP contribution in [0.15, 0.2) is 36.9 Å². The lowest BCUT2D eigenvalue weighted by Crippen LogP contribution is -1.82. The maximum atomic E-state index is 12.5. The molecule has 2 heterocycles. The average Bonchev–Trinajstić information content (AvgIpc) is 2.30. The van der Waals surface area contributed by atoms with E-state index < -0.39 is 5.95 Å². The predicted molar refractivity (Wildman–Crippen MR) is 55.2 cm³/mol. The fraction of sp³-hybridized carbons (Fsp3) is 0. The van der Waals surface area contributed by atoms with Crippen LogP contribution in [0.3, 0.4) is 0 Å². The number of hydrogen-bond acceptors (Lipinski definition) is 3. The van der Waals surface area contributed by atoms with Crippen LogP contribution in [-0.4, -0.2) is 15.0 Å². The van der Waals surface area contributed by atoms with Crippen LogP contribution in [0.4, 0.5) is 4.39 Å². The molecular formula is C11H8FN3. The van der Waals surface area contributed by atoms with Crippen LogP contribution in [0.5, 0.6) is 0 Å². The van der Waals surface area contributed by atoms with Gasteiger partial charge in [0.15, 0.2) is 0 Å². The molecule has 0 aromatic carbocycles. The molecule has 0 aliphatic rings. The highest BCUT2D eigenvalue weighted by molar-refractivity contribution is 5.66. The average molecular weight is 201 g/mol. The lowest BCUT2D eigenvalue weighted by molar-refractivity contribution is 0.583. The summed E-state index contributed by atoms with van der Waals surface area (Å²) in [5.41, 5.74) is 1.57. The molecule has 0 aliphatic heterocycles. The Morgan fingerprint density at radius 2 is 1.93 bits per heavy atom. The number of nitrogens with zero attached hydrogens (tertiary/aromatic N) is 3. The molecule has 3 nitrogen and oxygen atoms in total. The summed E-state index contributed by atoms with van der Waals surface area (Å²) in [6, 6.07) is 2.96. The van der Waals surface area contributed by atoms with Crippen molar-refractivity contribution >= 4 is 12.2 Å². The van der Waals surface area contributed by atoms with E-state index in [0.717, 1.165) is 11.3 Å². The standard InChI is InChI=1S/C11H8FN3/c12-11-4-2-9(7-15-11)1-3-10-8-13-5-6-14-10/h1-8H/b3-1+. The van der Waals surface area contributed by atoms with Gasteiger partial charge in [0, 0.05) is 18.6 Å². The summed E-state index contributed by atoms with van der Waals surface area (Å²) in [5, 5.41) is 0. The van der Waals surface area contributed by atoms with Crippen molar-refractivity contribution in [1.82, 2.24) is 15.0 Å². The summed E-state index contributed by atoms with van der Waals surface area (Å²) in [6.07, 6.45) is 9.92. The summed E-state index contributed by atoms with van der Waals surface area (Å²) in [4.78, 5) is 11.5. The van der Waals surface area contributed by atoms with E-state index in [0.29, 0.717) is 0 Å². The highest BCUT2D eigenvalue weighted by atomic mass is 19.1. The number of rotatable bonds is 2. The summed E-state index contributed by atoms with van der Waals surface area (Å²) >= 11 is 0. The molecule has 0 radical (unpaired) electrons. The molecule has 74 valence electrons. The Morgan fingerprint density at radius 3 is 2.60 bits per heavy atom. The first kappa shape index (κ1) is 9.45. The SMILES string of the molecule is Fc1ccc(/C=C/c2cnccn2)cn1. The maximum Gasteiger partial charge on any atom is 0.212 e. The Bertz CT molecular complexity index is 451. The van der Waals surface area contributed by atoms with Gasteiger partial charge in [0.25, 0.3) is 0 Å². The lowest BCUT2D eigenvalue weighted by atomic mass is 10.2. The lowest BCUT2D eigenvalue weighted by Gasteiger charge is -1.92. The van der Waals surface area contributed by atoms with E-state index in [2.05, 4.69) is 15.0 Å². The van der Waals surface area contributed by atoms with Gasteiger partial charge in [0.05, 0.1) is 11.9 Å². The zero-order valence-corrected chi connectivity index (χ0v) is 7.84. The van der Waals surface area contributed by atoms with Crippen LogP contribution in [-0.2, 0) is 0 Å². The van der Waals surface area contributed by atoms with Gasteiger partial charge in [-0.15, -0.1) is 0 Å². The molecule has 2 rings (SSSR count). The molecule has 0 aliphatic carbocycles. The number of hydrogen-bond donors (Lipinski definition) is 0. The van der Waals surface area contributed by atoms with E-state index in [1.54, 1.807) is 36.8 Å². The van der Waals surface area contributed by atoms with Crippen molar-refractivity contribution < 1.29 is 4.39 Å². The highest BCUT2D eigenvalue weighted by Gasteiger charge is 1.90. The fourth-order valence-corrected chi connectivity index (χ4v) is 1.06. The molecule has 15 heavy (non-hydrogen) atoms. The predicted octanol–water partition coefficient (Wildman–Crippen LogP) is 2.18. The second-order valence-electron chi connectivity index (χ2n) is 2.88. The van der Waals surface area contributed by atoms with Crippen LogP contribution in [0, 0.1) is 5.95 Å². The van der Waals surface area contributed by atoms with Gasteiger partial charge in [-0.2, -0.15) is 4.39 Å². The molecule has 0 N–H and O–H groups in total. The number of halogens is 1. The van der Waals surface area contributed by atoms with Gasteiger partial charge < -0.3 is 0 Å². The minimum atomic E-state index is -0.480. The summed E-state index contributed by atoms with van der Waals surface area (Å²) < 4.78 is 12.5. The number of pyridine rings is 1. The van der Waals surface area contributed by atoms with E-state index in [1.165, 1.54) is 12.3 Å². The third-order valence-corrected chi connectivity index (χ3v) is 1.78. The monoisotopic (exact) mass is 201 g/mol. The second kappa shape index (κ2) is 4.41. The molecule has 0 saturated heterocycles. The maximum absolute atomic E-state index is 12.5. The number of aromatic nitrogens is 3. The Kier molecular flexibility index (Phi) is 2.78. The molecule has 0 bridgehead atoms. The van der Waals surface area contributed by atoms with Gasteiger partial charge in [-0.3, -0.25) is 9.97 Å². The van der Waals surface area contributed by atoms with Crippen LogP contribution < -0.4 is 0 Å². The molecule has 0 amide bonds. The van der Waals surface area contributed by atoms with E-state index in [4.69, 9.17) is 0 Å². The normalized spacial score (nSPS) is 10.7. The van der Waals surface area contributed by atoms with Crippen molar-refractivity contribution in [2.24, 2.45) is 0 Å². The smallest absolute Gasteiger partial charge is 0.212 e. The second-order valence-corrected chi connectivity index (χ2v) is 2.88. The Hall–Kier alpha value is -2.10. The van der Waals surface area contributed by atoms with E-state index in [-0.39, 0.29) is 0 Å². The van der Waals surface area contributed by atoms with Crippen molar-refractivity contribution in [3.63, 3.8) is 0 Å². The van der Waals surface area contributed by atoms with Gasteiger partial charge in [-0.1, -0.05) is 6.08 Å². The topological polar surface area (TPSA) is 38.7 Å². The van der Waals surface area contributed by atoms with Crippen molar-refractivity contribution in [3.8, 4) is 0 Å².